The maximum Gasteiger partial charge on any atom is 0.253 e. The molecule has 0 bridgehead atoms. The molecule has 9 heteroatoms. The van der Waals surface area contributed by atoms with Gasteiger partial charge < -0.3 is 16.0 Å². The molecule has 7 nitrogen and oxygen atoms in total. The molecule has 3 N–H and O–H groups in total. The van der Waals surface area contributed by atoms with E-state index < -0.39 is 17.9 Å². The van der Waals surface area contributed by atoms with Crippen LogP contribution in [0.15, 0.2) is 42.7 Å². The summed E-state index contributed by atoms with van der Waals surface area (Å²) in [6.07, 6.45) is 3.02. The predicted octanol–water partition coefficient (Wildman–Crippen LogP) is 2.05. The lowest BCUT2D eigenvalue weighted by atomic mass is 10.2. The molecule has 2 aromatic rings. The first-order valence-electron chi connectivity index (χ1n) is 8.11. The van der Waals surface area contributed by atoms with Crippen molar-refractivity contribution in [2.45, 2.75) is 13.0 Å². The summed E-state index contributed by atoms with van der Waals surface area (Å²) in [4.78, 5) is 40.0. The summed E-state index contributed by atoms with van der Waals surface area (Å²) in [7, 11) is 0. The summed E-state index contributed by atoms with van der Waals surface area (Å²) in [5.74, 6) is -1.18. The Balaban J connectivity index is 1.76. The maximum atomic E-state index is 12.2. The molecule has 0 saturated heterocycles. The lowest BCUT2D eigenvalue weighted by Gasteiger charge is -2.15. The molecular weight excluding hydrogens is 391 g/mol. The number of nitrogens with zero attached hydrogens (tertiary/aromatic N) is 1. The second-order valence-corrected chi connectivity index (χ2v) is 6.37. The molecule has 0 spiro atoms. The third-order valence-corrected chi connectivity index (χ3v) is 4.39. The molecule has 142 valence electrons. The van der Waals surface area contributed by atoms with Crippen LogP contribution in [0.1, 0.15) is 27.6 Å². The smallest absolute Gasteiger partial charge is 0.253 e. The quantitative estimate of drug-likeness (QED) is 0.610. The zero-order chi connectivity index (χ0) is 19.8. The molecule has 0 fully saturated rings. The number of amides is 3. The van der Waals surface area contributed by atoms with Crippen molar-refractivity contribution in [3.05, 3.63) is 63.9 Å². The van der Waals surface area contributed by atoms with E-state index in [0.29, 0.717) is 5.56 Å². The van der Waals surface area contributed by atoms with E-state index in [2.05, 4.69) is 20.9 Å². The van der Waals surface area contributed by atoms with Crippen LogP contribution in [0.4, 0.5) is 0 Å². The lowest BCUT2D eigenvalue weighted by Crippen LogP contribution is -2.46. The van der Waals surface area contributed by atoms with Gasteiger partial charge in [-0.2, -0.15) is 0 Å². The monoisotopic (exact) mass is 408 g/mol. The number of nitrogens with one attached hydrogen (secondary N) is 3. The van der Waals surface area contributed by atoms with E-state index in [4.69, 9.17) is 23.2 Å². The summed E-state index contributed by atoms with van der Waals surface area (Å²) in [6, 6.07) is 7.19. The average molecular weight is 409 g/mol. The van der Waals surface area contributed by atoms with Gasteiger partial charge in [-0.25, -0.2) is 0 Å². The van der Waals surface area contributed by atoms with E-state index in [9.17, 15) is 14.4 Å². The van der Waals surface area contributed by atoms with Crippen LogP contribution in [0.25, 0.3) is 0 Å². The van der Waals surface area contributed by atoms with Crippen molar-refractivity contribution >= 4 is 40.9 Å². The topological polar surface area (TPSA) is 100 Å². The van der Waals surface area contributed by atoms with Gasteiger partial charge in [-0.05, 0) is 31.2 Å². The molecule has 1 unspecified atom stereocenters. The second kappa shape index (κ2) is 9.89. The van der Waals surface area contributed by atoms with E-state index in [0.717, 1.165) is 0 Å². The van der Waals surface area contributed by atoms with Crippen LogP contribution in [-0.4, -0.2) is 41.8 Å². The number of carbonyl (C=O) groups is 3. The third-order valence-electron chi connectivity index (χ3n) is 3.57. The van der Waals surface area contributed by atoms with E-state index in [1.165, 1.54) is 12.3 Å². The van der Waals surface area contributed by atoms with Gasteiger partial charge in [0.25, 0.3) is 11.8 Å². The Kier molecular flexibility index (Phi) is 7.57. The second-order valence-electron chi connectivity index (χ2n) is 5.59. The number of carbonyl (C=O) groups excluding carboxylic acids is 3. The fourth-order valence-electron chi connectivity index (χ4n) is 2.13. The third kappa shape index (κ3) is 5.94. The molecule has 1 atom stereocenters. The Morgan fingerprint density at radius 1 is 1.04 bits per heavy atom. The highest BCUT2D eigenvalue weighted by Gasteiger charge is 2.19. The van der Waals surface area contributed by atoms with Gasteiger partial charge in [-0.1, -0.05) is 29.3 Å². The number of halogens is 2. The zero-order valence-electron chi connectivity index (χ0n) is 14.5. The summed E-state index contributed by atoms with van der Waals surface area (Å²) >= 11 is 11.9. The van der Waals surface area contributed by atoms with Crippen LogP contribution >= 0.6 is 23.2 Å². The molecule has 0 radical (unpaired) electrons. The molecule has 27 heavy (non-hydrogen) atoms. The lowest BCUT2D eigenvalue weighted by molar-refractivity contribution is -0.122. The van der Waals surface area contributed by atoms with Gasteiger partial charge in [-0.15, -0.1) is 0 Å². The van der Waals surface area contributed by atoms with Gasteiger partial charge in [-0.3, -0.25) is 19.4 Å². The van der Waals surface area contributed by atoms with E-state index in [1.54, 1.807) is 37.4 Å². The minimum atomic E-state index is -0.790. The van der Waals surface area contributed by atoms with Crippen LogP contribution in [0.2, 0.25) is 10.0 Å². The Labute approximate surface area is 166 Å². The van der Waals surface area contributed by atoms with Crippen LogP contribution in [0, 0.1) is 0 Å². The van der Waals surface area contributed by atoms with Crippen molar-refractivity contribution < 1.29 is 14.4 Å². The van der Waals surface area contributed by atoms with E-state index in [1.807, 2.05) is 0 Å². The summed E-state index contributed by atoms with van der Waals surface area (Å²) in [5, 5.41) is 8.22. The summed E-state index contributed by atoms with van der Waals surface area (Å²) in [6.45, 7) is 1.99. The number of hydrogen-bond donors (Lipinski definition) is 3. The minimum Gasteiger partial charge on any atom is -0.353 e. The number of pyridine rings is 1. The first-order chi connectivity index (χ1) is 12.9. The number of hydrogen-bond acceptors (Lipinski definition) is 4. The van der Waals surface area contributed by atoms with Crippen molar-refractivity contribution in [3.63, 3.8) is 0 Å². The van der Waals surface area contributed by atoms with E-state index in [-0.39, 0.29) is 34.6 Å². The van der Waals surface area contributed by atoms with Gasteiger partial charge in [0.2, 0.25) is 5.91 Å². The highest BCUT2D eigenvalue weighted by atomic mass is 35.5. The molecule has 2 rings (SSSR count). The summed E-state index contributed by atoms with van der Waals surface area (Å²) in [5.41, 5.74) is 0.621. The van der Waals surface area contributed by atoms with Crippen molar-refractivity contribution in [3.8, 4) is 0 Å². The number of rotatable bonds is 7. The molecule has 0 aliphatic carbocycles. The van der Waals surface area contributed by atoms with Crippen molar-refractivity contribution in [2.75, 3.05) is 13.1 Å². The van der Waals surface area contributed by atoms with Crippen LogP contribution in [-0.2, 0) is 4.79 Å². The minimum absolute atomic E-state index is 0.127. The number of aromatic nitrogens is 1. The molecule has 3 amide bonds. The average Bonchev–Trinajstić information content (AvgIpc) is 2.67. The Bertz CT molecular complexity index is 831. The SMILES string of the molecule is CC(NC(=O)c1cccc(Cl)c1Cl)C(=O)NCCNC(=O)c1cccnc1. The zero-order valence-corrected chi connectivity index (χ0v) is 16.0. The van der Waals surface area contributed by atoms with Crippen LogP contribution < -0.4 is 16.0 Å². The first-order valence-corrected chi connectivity index (χ1v) is 8.86. The van der Waals surface area contributed by atoms with Crippen molar-refractivity contribution in [1.82, 2.24) is 20.9 Å². The Morgan fingerprint density at radius 3 is 2.48 bits per heavy atom. The fraction of sp³-hybridized carbons (Fsp3) is 0.222. The molecule has 0 saturated carbocycles. The Hall–Kier alpha value is -2.64. The van der Waals surface area contributed by atoms with Gasteiger partial charge in [0.15, 0.2) is 0 Å². The van der Waals surface area contributed by atoms with E-state index >= 15 is 0 Å². The fourth-order valence-corrected chi connectivity index (χ4v) is 2.52. The van der Waals surface area contributed by atoms with Crippen molar-refractivity contribution in [1.29, 1.82) is 0 Å². The van der Waals surface area contributed by atoms with Gasteiger partial charge >= 0.3 is 0 Å². The van der Waals surface area contributed by atoms with Gasteiger partial charge in [0.1, 0.15) is 6.04 Å². The standard InChI is InChI=1S/C18H18Cl2N4O3/c1-11(24-18(27)13-5-2-6-14(19)15(13)20)16(25)22-8-9-23-17(26)12-4-3-7-21-10-12/h2-7,10-11H,8-9H2,1H3,(H,22,25)(H,23,26)(H,24,27). The normalized spacial score (nSPS) is 11.4. The number of benzene rings is 1. The largest absolute Gasteiger partial charge is 0.353 e. The molecule has 1 aromatic heterocycles. The molecule has 1 aromatic carbocycles. The maximum absolute atomic E-state index is 12.2. The van der Waals surface area contributed by atoms with Crippen molar-refractivity contribution in [2.24, 2.45) is 0 Å². The Morgan fingerprint density at radius 2 is 1.78 bits per heavy atom. The summed E-state index contributed by atoms with van der Waals surface area (Å²) < 4.78 is 0. The molecular formula is C18H18Cl2N4O3. The molecule has 0 aliphatic rings. The molecule has 1 heterocycles. The predicted molar refractivity (Wildman–Crippen MR) is 103 cm³/mol. The highest BCUT2D eigenvalue weighted by Crippen LogP contribution is 2.25. The first kappa shape index (κ1) is 20.7. The van der Waals surface area contributed by atoms with Gasteiger partial charge in [0, 0.05) is 25.5 Å². The molecule has 0 aliphatic heterocycles. The highest BCUT2D eigenvalue weighted by molar-refractivity contribution is 6.43. The van der Waals surface area contributed by atoms with Crippen LogP contribution in [0.5, 0.6) is 0 Å². The van der Waals surface area contributed by atoms with Crippen LogP contribution in [0.3, 0.4) is 0 Å². The van der Waals surface area contributed by atoms with Gasteiger partial charge in [0.05, 0.1) is 21.2 Å².